The summed E-state index contributed by atoms with van der Waals surface area (Å²) in [6, 6.07) is 0. The van der Waals surface area contributed by atoms with E-state index in [1.165, 1.54) is 0 Å². The number of hydrogen-bond acceptors (Lipinski definition) is 10. The van der Waals surface area contributed by atoms with E-state index in [2.05, 4.69) is 0 Å². The number of aliphatic hydroxyl groups is 7. The number of aliphatic hydroxyl groups excluding tert-OH is 6. The van der Waals surface area contributed by atoms with E-state index in [1.807, 2.05) is 0 Å². The molecule has 0 amide bonds. The van der Waals surface area contributed by atoms with Gasteiger partial charge in [0.1, 0.15) is 36.1 Å². The Morgan fingerprint density at radius 1 is 1.00 bits per heavy atom. The summed E-state index contributed by atoms with van der Waals surface area (Å²) in [5.41, 5.74) is -1.93. The van der Waals surface area contributed by atoms with Crippen LogP contribution >= 0.6 is 11.6 Å². The molecule has 3 rings (SSSR count). The highest BCUT2D eigenvalue weighted by atomic mass is 35.5. The summed E-state index contributed by atoms with van der Waals surface area (Å²) in [6.07, 6.45) is -9.71. The van der Waals surface area contributed by atoms with Crippen LogP contribution in [0.5, 0.6) is 0 Å². The third-order valence-corrected chi connectivity index (χ3v) is 5.46. The van der Waals surface area contributed by atoms with Gasteiger partial charge < -0.3 is 50.0 Å². The van der Waals surface area contributed by atoms with E-state index in [-0.39, 0.29) is 0 Å². The molecule has 2 heterocycles. The summed E-state index contributed by atoms with van der Waals surface area (Å²) in [5, 5.41) is 68.4. The number of ether oxygens (including phenoxy) is 3. The lowest BCUT2D eigenvalue weighted by molar-refractivity contribution is -0.348. The van der Waals surface area contributed by atoms with Crippen LogP contribution in [-0.4, -0.2) is 103 Å². The van der Waals surface area contributed by atoms with Crippen molar-refractivity contribution >= 4 is 11.6 Å². The lowest BCUT2D eigenvalue weighted by Crippen LogP contribution is -2.61. The molecule has 0 bridgehead atoms. The fraction of sp³-hybridized carbons (Fsp3) is 0.857. The van der Waals surface area contributed by atoms with Crippen LogP contribution in [-0.2, 0) is 14.2 Å². The smallest absolute Gasteiger partial charge is 0.210 e. The van der Waals surface area contributed by atoms with Crippen molar-refractivity contribution in [2.45, 2.75) is 60.2 Å². The minimum Gasteiger partial charge on any atom is -0.472 e. The minimum atomic E-state index is -1.93. The van der Waals surface area contributed by atoms with Crippen molar-refractivity contribution in [1.82, 2.24) is 0 Å². The molecule has 11 unspecified atom stereocenters. The summed E-state index contributed by atoms with van der Waals surface area (Å²) >= 11 is 5.91. The van der Waals surface area contributed by atoms with Crippen LogP contribution in [0, 0.1) is 5.92 Å². The van der Waals surface area contributed by atoms with Crippen molar-refractivity contribution in [3.63, 3.8) is 0 Å². The number of rotatable bonds is 3. The van der Waals surface area contributed by atoms with Gasteiger partial charge in [-0.25, -0.2) is 0 Å². The molecule has 1 aliphatic carbocycles. The van der Waals surface area contributed by atoms with E-state index in [4.69, 9.17) is 25.8 Å². The Morgan fingerprint density at radius 3 is 2.32 bits per heavy atom. The van der Waals surface area contributed by atoms with Gasteiger partial charge in [-0.1, -0.05) is 0 Å². The monoisotopic (exact) mass is 384 g/mol. The van der Waals surface area contributed by atoms with E-state index in [1.54, 1.807) is 0 Å². The molecule has 144 valence electrons. The van der Waals surface area contributed by atoms with Crippen LogP contribution in [0.4, 0.5) is 0 Å². The fourth-order valence-corrected chi connectivity index (χ4v) is 3.80. The molecule has 2 fully saturated rings. The molecule has 0 spiro atoms. The third kappa shape index (κ3) is 2.96. The summed E-state index contributed by atoms with van der Waals surface area (Å²) in [6.45, 7) is -0.644. The first-order valence-corrected chi connectivity index (χ1v) is 8.17. The quantitative estimate of drug-likeness (QED) is 0.241. The number of fused-ring (bicyclic) bond motifs is 1. The van der Waals surface area contributed by atoms with Gasteiger partial charge in [0.25, 0.3) is 0 Å². The van der Waals surface area contributed by atoms with Crippen LogP contribution in [0.25, 0.3) is 0 Å². The van der Waals surface area contributed by atoms with E-state index in [0.29, 0.717) is 0 Å². The first-order chi connectivity index (χ1) is 11.7. The average molecular weight is 385 g/mol. The molecule has 7 N–H and O–H groups in total. The molecule has 1 saturated carbocycles. The zero-order valence-corrected chi connectivity index (χ0v) is 13.6. The van der Waals surface area contributed by atoms with E-state index in [0.717, 1.165) is 12.3 Å². The van der Waals surface area contributed by atoms with Crippen LogP contribution < -0.4 is 0 Å². The minimum absolute atomic E-state index is 0.644. The molecule has 11 atom stereocenters. The standard InChI is InChI=1S/C14H21ClO10/c15-6-8(18)5-12(23-2-1-14(5,22)11(6)21)25-13-10(20)9(19)7(17)4(3-16)24-13/h1-2,4-13,16-22H,3H2. The van der Waals surface area contributed by atoms with Gasteiger partial charge in [0, 0.05) is 0 Å². The summed E-state index contributed by atoms with van der Waals surface area (Å²) < 4.78 is 15.8. The van der Waals surface area contributed by atoms with Gasteiger partial charge in [-0.3, -0.25) is 0 Å². The van der Waals surface area contributed by atoms with Crippen LogP contribution in [0.3, 0.4) is 0 Å². The molecule has 0 aromatic heterocycles. The van der Waals surface area contributed by atoms with Crippen molar-refractivity contribution in [1.29, 1.82) is 0 Å². The number of halogens is 1. The maximum Gasteiger partial charge on any atom is 0.210 e. The maximum absolute atomic E-state index is 10.6. The highest BCUT2D eigenvalue weighted by Gasteiger charge is 2.63. The second kappa shape index (κ2) is 6.89. The van der Waals surface area contributed by atoms with Crippen molar-refractivity contribution < 1.29 is 50.0 Å². The predicted octanol–water partition coefficient (Wildman–Crippen LogP) is -3.64. The third-order valence-electron chi connectivity index (χ3n) is 4.96. The largest absolute Gasteiger partial charge is 0.472 e. The Kier molecular flexibility index (Phi) is 5.30. The molecular formula is C14H21ClO10. The summed E-state index contributed by atoms with van der Waals surface area (Å²) in [5.74, 6) is -1.21. The first kappa shape index (κ1) is 19.2. The highest BCUT2D eigenvalue weighted by molar-refractivity contribution is 6.21. The van der Waals surface area contributed by atoms with E-state index < -0.39 is 72.7 Å². The topological polar surface area (TPSA) is 169 Å². The van der Waals surface area contributed by atoms with Gasteiger partial charge in [-0.15, -0.1) is 11.6 Å². The maximum atomic E-state index is 10.6. The second-order valence-electron chi connectivity index (χ2n) is 6.43. The van der Waals surface area contributed by atoms with Crippen LogP contribution in [0.2, 0.25) is 0 Å². The van der Waals surface area contributed by atoms with Gasteiger partial charge in [0.05, 0.1) is 30.3 Å². The van der Waals surface area contributed by atoms with E-state index in [9.17, 15) is 35.7 Å². The molecular weight excluding hydrogens is 364 g/mol. The Hall–Kier alpha value is -0.530. The predicted molar refractivity (Wildman–Crippen MR) is 79.0 cm³/mol. The Labute approximate surface area is 147 Å². The molecule has 3 aliphatic rings. The molecule has 11 heteroatoms. The molecule has 2 aliphatic heterocycles. The van der Waals surface area contributed by atoms with Gasteiger partial charge in [-0.2, -0.15) is 0 Å². The van der Waals surface area contributed by atoms with Crippen molar-refractivity contribution in [3.05, 3.63) is 12.3 Å². The fourth-order valence-electron chi connectivity index (χ4n) is 3.44. The van der Waals surface area contributed by atoms with Gasteiger partial charge in [-0.05, 0) is 6.08 Å². The zero-order chi connectivity index (χ0) is 18.5. The highest BCUT2D eigenvalue weighted by Crippen LogP contribution is 2.46. The molecule has 0 radical (unpaired) electrons. The summed E-state index contributed by atoms with van der Waals surface area (Å²) in [4.78, 5) is 0. The van der Waals surface area contributed by atoms with Crippen LogP contribution in [0.15, 0.2) is 12.3 Å². The second-order valence-corrected chi connectivity index (χ2v) is 6.94. The molecule has 10 nitrogen and oxygen atoms in total. The normalized spacial score (nSPS) is 55.7. The molecule has 25 heavy (non-hydrogen) atoms. The van der Waals surface area contributed by atoms with Crippen molar-refractivity contribution in [3.8, 4) is 0 Å². The van der Waals surface area contributed by atoms with Gasteiger partial charge >= 0.3 is 0 Å². The molecule has 0 aromatic carbocycles. The van der Waals surface area contributed by atoms with Crippen molar-refractivity contribution in [2.24, 2.45) is 5.92 Å². The molecule has 0 aromatic rings. The molecule has 1 saturated heterocycles. The Morgan fingerprint density at radius 2 is 1.68 bits per heavy atom. The SMILES string of the molecule is OCC1OC(OC2OC=CC3(O)C(O)C(Cl)C(O)C23)C(O)C(O)C1O. The van der Waals surface area contributed by atoms with E-state index >= 15 is 0 Å². The Balaban J connectivity index is 1.79. The lowest BCUT2D eigenvalue weighted by atomic mass is 9.86. The number of hydrogen-bond donors (Lipinski definition) is 7. The number of alkyl halides is 1. The van der Waals surface area contributed by atoms with Gasteiger partial charge in [0.15, 0.2) is 6.29 Å². The van der Waals surface area contributed by atoms with Gasteiger partial charge in [0.2, 0.25) is 6.29 Å². The van der Waals surface area contributed by atoms with Crippen LogP contribution in [0.1, 0.15) is 0 Å². The van der Waals surface area contributed by atoms with Crippen molar-refractivity contribution in [2.75, 3.05) is 6.61 Å². The zero-order valence-electron chi connectivity index (χ0n) is 12.9. The Bertz CT molecular complexity index is 518. The average Bonchev–Trinajstić information content (AvgIpc) is 2.76. The first-order valence-electron chi connectivity index (χ1n) is 7.74. The lowest BCUT2D eigenvalue weighted by Gasteiger charge is -2.43. The summed E-state index contributed by atoms with van der Waals surface area (Å²) in [7, 11) is 0.